The first-order valence-electron chi connectivity index (χ1n) is 17.5. The molecule has 0 amide bonds. The third-order valence-electron chi connectivity index (χ3n) is 9.87. The summed E-state index contributed by atoms with van der Waals surface area (Å²) < 4.78 is 0. The van der Waals surface area contributed by atoms with Crippen LogP contribution in [-0.4, -0.2) is 0 Å². The monoisotopic (exact) mass is 649 g/mol. The molecule has 0 unspecified atom stereocenters. The minimum atomic E-state index is 1.10. The lowest BCUT2D eigenvalue weighted by molar-refractivity contribution is 1.30. The van der Waals surface area contributed by atoms with Gasteiger partial charge < -0.3 is 4.90 Å². The van der Waals surface area contributed by atoms with Crippen molar-refractivity contribution in [1.82, 2.24) is 0 Å². The van der Waals surface area contributed by atoms with Crippen molar-refractivity contribution in [1.29, 1.82) is 0 Å². The Labute approximate surface area is 299 Å². The van der Waals surface area contributed by atoms with Gasteiger partial charge >= 0.3 is 0 Å². The minimum absolute atomic E-state index is 1.10. The molecule has 0 saturated carbocycles. The SMILES string of the molecule is c1ccc(-c2ccc(-c3ccc(N(c4ccc(-c5ccccc5)cc4)c4cc5ccccc5c5ccccc45)c(-c4ccccc4)c3)cc2)cc1. The van der Waals surface area contributed by atoms with Crippen LogP contribution < -0.4 is 4.90 Å². The molecule has 0 spiro atoms. The van der Waals surface area contributed by atoms with Crippen LogP contribution in [-0.2, 0) is 0 Å². The van der Waals surface area contributed by atoms with Crippen LogP contribution in [0.25, 0.3) is 66.1 Å². The van der Waals surface area contributed by atoms with Crippen molar-refractivity contribution in [2.24, 2.45) is 0 Å². The van der Waals surface area contributed by atoms with Gasteiger partial charge in [0.25, 0.3) is 0 Å². The van der Waals surface area contributed by atoms with Gasteiger partial charge in [-0.1, -0.05) is 182 Å². The van der Waals surface area contributed by atoms with Gasteiger partial charge in [-0.2, -0.15) is 0 Å². The number of benzene rings is 9. The molecule has 0 radical (unpaired) electrons. The van der Waals surface area contributed by atoms with Gasteiger partial charge in [-0.05, 0) is 85.4 Å². The first-order valence-corrected chi connectivity index (χ1v) is 17.5. The first-order chi connectivity index (χ1) is 25.3. The molecule has 0 aliphatic heterocycles. The summed E-state index contributed by atoms with van der Waals surface area (Å²) in [5, 5.41) is 4.93. The first kappa shape index (κ1) is 30.4. The Morgan fingerprint density at radius 2 is 0.686 bits per heavy atom. The quantitative estimate of drug-likeness (QED) is 0.155. The lowest BCUT2D eigenvalue weighted by Gasteiger charge is -2.30. The fourth-order valence-electron chi connectivity index (χ4n) is 7.31. The molecule has 1 nitrogen and oxygen atoms in total. The molecule has 0 heterocycles. The summed E-state index contributed by atoms with van der Waals surface area (Å²) in [6.45, 7) is 0. The van der Waals surface area contributed by atoms with Gasteiger partial charge in [-0.25, -0.2) is 0 Å². The van der Waals surface area contributed by atoms with E-state index in [9.17, 15) is 0 Å². The summed E-state index contributed by atoms with van der Waals surface area (Å²) in [5.74, 6) is 0. The predicted molar refractivity (Wildman–Crippen MR) is 218 cm³/mol. The Kier molecular flexibility index (Phi) is 7.92. The van der Waals surface area contributed by atoms with E-state index in [0.717, 1.165) is 17.1 Å². The number of nitrogens with zero attached hydrogens (tertiary/aromatic N) is 1. The van der Waals surface area contributed by atoms with Crippen LogP contribution in [0, 0.1) is 0 Å². The summed E-state index contributed by atoms with van der Waals surface area (Å²) in [6, 6.07) is 76.7. The average Bonchev–Trinajstić information content (AvgIpc) is 3.22. The van der Waals surface area contributed by atoms with E-state index < -0.39 is 0 Å². The van der Waals surface area contributed by atoms with Crippen LogP contribution in [0.2, 0.25) is 0 Å². The second-order valence-electron chi connectivity index (χ2n) is 13.0. The van der Waals surface area contributed by atoms with Crippen molar-refractivity contribution >= 4 is 38.6 Å². The Morgan fingerprint density at radius 3 is 1.29 bits per heavy atom. The van der Waals surface area contributed by atoms with Crippen molar-refractivity contribution in [2.75, 3.05) is 4.90 Å². The van der Waals surface area contributed by atoms with E-state index in [1.165, 1.54) is 66.1 Å². The van der Waals surface area contributed by atoms with E-state index in [4.69, 9.17) is 0 Å². The lowest BCUT2D eigenvalue weighted by atomic mass is 9.94. The van der Waals surface area contributed by atoms with Crippen molar-refractivity contribution in [3.63, 3.8) is 0 Å². The van der Waals surface area contributed by atoms with Crippen LogP contribution in [0.3, 0.4) is 0 Å². The molecule has 0 aliphatic carbocycles. The van der Waals surface area contributed by atoms with Gasteiger partial charge in [-0.15, -0.1) is 0 Å². The zero-order valence-corrected chi connectivity index (χ0v) is 28.2. The number of fused-ring (bicyclic) bond motifs is 3. The van der Waals surface area contributed by atoms with E-state index in [1.54, 1.807) is 0 Å². The van der Waals surface area contributed by atoms with Gasteiger partial charge in [0.2, 0.25) is 0 Å². The van der Waals surface area contributed by atoms with Crippen LogP contribution in [0.5, 0.6) is 0 Å². The fraction of sp³-hybridized carbons (Fsp3) is 0. The number of hydrogen-bond donors (Lipinski definition) is 0. The van der Waals surface area contributed by atoms with E-state index in [-0.39, 0.29) is 0 Å². The Balaban J connectivity index is 1.26. The van der Waals surface area contributed by atoms with Gasteiger partial charge in [0, 0.05) is 16.6 Å². The van der Waals surface area contributed by atoms with Crippen molar-refractivity contribution in [2.45, 2.75) is 0 Å². The van der Waals surface area contributed by atoms with Gasteiger partial charge in [0.1, 0.15) is 0 Å². The van der Waals surface area contributed by atoms with Gasteiger partial charge in [0.05, 0.1) is 11.4 Å². The molecule has 9 aromatic rings. The highest BCUT2D eigenvalue weighted by Gasteiger charge is 2.21. The van der Waals surface area contributed by atoms with Gasteiger partial charge in [0.15, 0.2) is 0 Å². The predicted octanol–water partition coefficient (Wildman–Crippen LogP) is 14.1. The van der Waals surface area contributed by atoms with Crippen LogP contribution in [0.15, 0.2) is 212 Å². The molecule has 0 aliphatic rings. The maximum absolute atomic E-state index is 2.45. The van der Waals surface area contributed by atoms with Crippen LogP contribution in [0.1, 0.15) is 0 Å². The Hall–Kier alpha value is -6.70. The molecule has 0 bridgehead atoms. The number of anilines is 3. The molecule has 0 fully saturated rings. The molecule has 51 heavy (non-hydrogen) atoms. The minimum Gasteiger partial charge on any atom is -0.309 e. The third kappa shape index (κ3) is 5.86. The molecular formula is C50H35N. The summed E-state index contributed by atoms with van der Waals surface area (Å²) in [4.78, 5) is 2.45. The summed E-state index contributed by atoms with van der Waals surface area (Å²) in [7, 11) is 0. The lowest BCUT2D eigenvalue weighted by Crippen LogP contribution is -2.12. The normalized spacial score (nSPS) is 11.1. The maximum atomic E-state index is 2.45. The molecule has 9 rings (SSSR count). The number of hydrogen-bond acceptors (Lipinski definition) is 1. The van der Waals surface area contributed by atoms with Crippen molar-refractivity contribution in [3.8, 4) is 44.5 Å². The molecule has 240 valence electrons. The molecule has 1 heteroatoms. The fourth-order valence-corrected chi connectivity index (χ4v) is 7.31. The highest BCUT2D eigenvalue weighted by atomic mass is 15.1. The molecule has 9 aromatic carbocycles. The van der Waals surface area contributed by atoms with E-state index in [0.29, 0.717) is 0 Å². The second-order valence-corrected chi connectivity index (χ2v) is 13.0. The van der Waals surface area contributed by atoms with E-state index >= 15 is 0 Å². The summed E-state index contributed by atoms with van der Waals surface area (Å²) in [5.41, 5.74) is 12.9. The van der Waals surface area contributed by atoms with E-state index in [1.807, 2.05) is 0 Å². The highest BCUT2D eigenvalue weighted by molar-refractivity contribution is 6.15. The molecule has 0 saturated heterocycles. The molecule has 0 atom stereocenters. The van der Waals surface area contributed by atoms with E-state index in [2.05, 4.69) is 217 Å². The topological polar surface area (TPSA) is 3.24 Å². The standard InChI is InChI=1S/C50H35N/c1-4-14-36(15-5-1)38-24-26-40(27-25-38)42-30-33-49(48(34-42)41-18-8-3-9-19-41)51(44-31-28-39(29-32-44)37-16-6-2-7-17-37)50-35-43-20-10-11-21-45(43)46-22-12-13-23-47(46)50/h1-35H. The van der Waals surface area contributed by atoms with Crippen molar-refractivity contribution in [3.05, 3.63) is 212 Å². The Bertz CT molecular complexity index is 2590. The smallest absolute Gasteiger partial charge is 0.0546 e. The molecular weight excluding hydrogens is 615 g/mol. The number of rotatable bonds is 7. The molecule has 0 aromatic heterocycles. The van der Waals surface area contributed by atoms with Gasteiger partial charge in [-0.3, -0.25) is 0 Å². The molecule has 0 N–H and O–H groups in total. The highest BCUT2D eigenvalue weighted by Crippen LogP contribution is 2.46. The zero-order valence-electron chi connectivity index (χ0n) is 28.2. The summed E-state index contributed by atoms with van der Waals surface area (Å²) in [6.07, 6.45) is 0. The Morgan fingerprint density at radius 1 is 0.255 bits per heavy atom. The maximum Gasteiger partial charge on any atom is 0.0546 e. The largest absolute Gasteiger partial charge is 0.309 e. The average molecular weight is 650 g/mol. The third-order valence-corrected chi connectivity index (χ3v) is 9.87. The zero-order chi connectivity index (χ0) is 34.0. The second kappa shape index (κ2) is 13.3. The van der Waals surface area contributed by atoms with Crippen molar-refractivity contribution < 1.29 is 0 Å². The van der Waals surface area contributed by atoms with Crippen LogP contribution >= 0.6 is 0 Å². The summed E-state index contributed by atoms with van der Waals surface area (Å²) >= 11 is 0. The van der Waals surface area contributed by atoms with Crippen LogP contribution in [0.4, 0.5) is 17.1 Å².